The Bertz CT molecular complexity index is 825. The molecule has 5 atom stereocenters. The number of aliphatic carboxylic acids is 1. The van der Waals surface area contributed by atoms with Crippen LogP contribution in [0.2, 0.25) is 5.02 Å². The molecule has 5 unspecified atom stereocenters. The Morgan fingerprint density at radius 2 is 2.28 bits per heavy atom. The van der Waals surface area contributed by atoms with Gasteiger partial charge in [-0.1, -0.05) is 29.8 Å². The maximum Gasteiger partial charge on any atom is 0.310 e. The van der Waals surface area contributed by atoms with Crippen molar-refractivity contribution < 1.29 is 23.8 Å². The molecule has 1 aromatic rings. The molecule has 0 saturated carbocycles. The average Bonchev–Trinajstić information content (AvgIpc) is 3.20. The normalized spacial score (nSPS) is 35.3. The van der Waals surface area contributed by atoms with E-state index in [2.05, 4.69) is 6.58 Å². The summed E-state index contributed by atoms with van der Waals surface area (Å²) in [6.45, 7) is 3.74. The number of carboxylic acid groups (broad SMARTS) is 1. The highest BCUT2D eigenvalue weighted by Gasteiger charge is 2.71. The molecule has 3 heterocycles. The molecular weight excluding hydrogens is 349 g/mol. The number of carbonyl (C=O) groups excluding carboxylic acids is 1. The molecule has 2 bridgehead atoms. The molecule has 25 heavy (non-hydrogen) atoms. The number of amides is 1. The Kier molecular flexibility index (Phi) is 3.53. The largest absolute Gasteiger partial charge is 0.481 e. The smallest absolute Gasteiger partial charge is 0.310 e. The molecule has 0 radical (unpaired) electrons. The fraction of sp³-hybridized carbons (Fsp3) is 0.333. The molecule has 7 heteroatoms. The van der Waals surface area contributed by atoms with Gasteiger partial charge in [0.2, 0.25) is 5.91 Å². The number of hydrogen-bond acceptors (Lipinski definition) is 3. The van der Waals surface area contributed by atoms with Crippen LogP contribution in [-0.4, -0.2) is 34.7 Å². The zero-order chi connectivity index (χ0) is 17.9. The minimum atomic E-state index is -1.06. The molecule has 1 spiro atoms. The number of benzene rings is 1. The molecule has 1 amide bonds. The van der Waals surface area contributed by atoms with Gasteiger partial charge in [-0.3, -0.25) is 9.59 Å². The van der Waals surface area contributed by atoms with Crippen molar-refractivity contribution in [3.05, 3.63) is 53.8 Å². The summed E-state index contributed by atoms with van der Waals surface area (Å²) in [5, 5.41) is 9.47. The summed E-state index contributed by atoms with van der Waals surface area (Å²) < 4.78 is 19.5. The second-order valence-corrected chi connectivity index (χ2v) is 6.89. The van der Waals surface area contributed by atoms with Crippen molar-refractivity contribution in [1.29, 1.82) is 0 Å². The van der Waals surface area contributed by atoms with Crippen molar-refractivity contribution >= 4 is 29.2 Å². The minimum absolute atomic E-state index is 0.104. The van der Waals surface area contributed by atoms with Gasteiger partial charge in [0.1, 0.15) is 17.3 Å². The van der Waals surface area contributed by atoms with Crippen LogP contribution in [0.1, 0.15) is 6.42 Å². The fourth-order valence-corrected chi connectivity index (χ4v) is 4.50. The molecule has 3 aliphatic heterocycles. The Labute approximate surface area is 148 Å². The molecule has 1 aromatic carbocycles. The highest BCUT2D eigenvalue weighted by Crippen LogP contribution is 2.56. The lowest BCUT2D eigenvalue weighted by atomic mass is 9.74. The van der Waals surface area contributed by atoms with Gasteiger partial charge in [-0.05, 0) is 24.6 Å². The molecular formula is C18H15ClFNO4. The molecule has 130 valence electrons. The van der Waals surface area contributed by atoms with E-state index in [1.54, 1.807) is 18.2 Å². The number of anilines is 1. The number of halogens is 2. The summed E-state index contributed by atoms with van der Waals surface area (Å²) >= 11 is 5.87. The van der Waals surface area contributed by atoms with Crippen molar-refractivity contribution in [2.45, 2.75) is 24.2 Å². The van der Waals surface area contributed by atoms with E-state index >= 15 is 0 Å². The van der Waals surface area contributed by atoms with Gasteiger partial charge in [0.25, 0.3) is 0 Å². The van der Waals surface area contributed by atoms with E-state index in [0.29, 0.717) is 12.1 Å². The number of hydrogen-bond donors (Lipinski definition) is 1. The van der Waals surface area contributed by atoms with Crippen molar-refractivity contribution in [3.63, 3.8) is 0 Å². The lowest BCUT2D eigenvalue weighted by Crippen LogP contribution is -2.45. The van der Waals surface area contributed by atoms with Gasteiger partial charge in [0, 0.05) is 5.69 Å². The molecule has 1 N–H and O–H groups in total. The van der Waals surface area contributed by atoms with E-state index < -0.39 is 41.4 Å². The number of nitrogens with zero attached hydrogens (tertiary/aromatic N) is 1. The van der Waals surface area contributed by atoms with Gasteiger partial charge in [-0.25, -0.2) is 4.39 Å². The molecule has 3 aliphatic rings. The quantitative estimate of drug-likeness (QED) is 0.835. The predicted octanol–water partition coefficient (Wildman–Crippen LogP) is 2.79. The van der Waals surface area contributed by atoms with Crippen LogP contribution in [0.25, 0.3) is 0 Å². The highest BCUT2D eigenvalue weighted by atomic mass is 35.5. The van der Waals surface area contributed by atoms with Gasteiger partial charge >= 0.3 is 5.97 Å². The fourth-order valence-electron chi connectivity index (χ4n) is 4.32. The summed E-state index contributed by atoms with van der Waals surface area (Å²) in [5.41, 5.74) is -0.600. The Morgan fingerprint density at radius 1 is 1.52 bits per heavy atom. The van der Waals surface area contributed by atoms with Gasteiger partial charge in [-0.15, -0.1) is 6.58 Å². The molecule has 0 aromatic heterocycles. The van der Waals surface area contributed by atoms with Gasteiger partial charge in [0.15, 0.2) is 0 Å². The molecule has 0 aliphatic carbocycles. The number of rotatable bonds is 4. The van der Waals surface area contributed by atoms with E-state index in [0.717, 1.165) is 0 Å². The average molecular weight is 364 g/mol. The number of carbonyl (C=O) groups is 2. The van der Waals surface area contributed by atoms with Gasteiger partial charge < -0.3 is 14.7 Å². The van der Waals surface area contributed by atoms with E-state index in [4.69, 9.17) is 16.3 Å². The van der Waals surface area contributed by atoms with Gasteiger partial charge in [0.05, 0.1) is 23.1 Å². The Morgan fingerprint density at radius 3 is 2.92 bits per heavy atom. The topological polar surface area (TPSA) is 66.8 Å². The highest BCUT2D eigenvalue weighted by molar-refractivity contribution is 6.31. The lowest BCUT2D eigenvalue weighted by molar-refractivity contribution is -0.146. The van der Waals surface area contributed by atoms with Gasteiger partial charge in [-0.2, -0.15) is 0 Å². The first-order valence-corrected chi connectivity index (χ1v) is 8.27. The second kappa shape index (κ2) is 5.41. The summed E-state index contributed by atoms with van der Waals surface area (Å²) in [4.78, 5) is 26.3. The standard InChI is InChI=1S/C18H15ClFNO4/c1-2-3-13-18-7-6-12(25-18)14(17(23)24)15(18)16(22)21(13)9-4-5-11(20)10(19)8-9/h2,4-8,12-15H,1,3H2,(H,23,24). The van der Waals surface area contributed by atoms with Crippen molar-refractivity contribution in [2.75, 3.05) is 4.90 Å². The van der Waals surface area contributed by atoms with Crippen LogP contribution in [0, 0.1) is 17.7 Å². The Hall–Kier alpha value is -2.18. The van der Waals surface area contributed by atoms with E-state index in [1.807, 2.05) is 0 Å². The maximum absolute atomic E-state index is 13.5. The van der Waals surface area contributed by atoms with Crippen molar-refractivity contribution in [2.24, 2.45) is 11.8 Å². The second-order valence-electron chi connectivity index (χ2n) is 6.48. The van der Waals surface area contributed by atoms with E-state index in [1.165, 1.54) is 23.1 Å². The third-order valence-corrected chi connectivity index (χ3v) is 5.57. The molecule has 2 fully saturated rings. The van der Waals surface area contributed by atoms with Crippen molar-refractivity contribution in [3.8, 4) is 0 Å². The first kappa shape index (κ1) is 16.3. The summed E-state index contributed by atoms with van der Waals surface area (Å²) in [6.07, 6.45) is 4.95. The summed E-state index contributed by atoms with van der Waals surface area (Å²) in [6, 6.07) is 3.55. The zero-order valence-corrected chi connectivity index (χ0v) is 13.8. The SMILES string of the molecule is C=CCC1N(c2ccc(F)c(Cl)c2)C(=O)C2C(C(=O)O)C3C=CC21O3. The van der Waals surface area contributed by atoms with Crippen LogP contribution in [-0.2, 0) is 14.3 Å². The molecule has 2 saturated heterocycles. The first-order valence-electron chi connectivity index (χ1n) is 7.89. The van der Waals surface area contributed by atoms with Crippen LogP contribution in [0.15, 0.2) is 43.0 Å². The molecule has 5 nitrogen and oxygen atoms in total. The number of carboxylic acids is 1. The lowest BCUT2D eigenvalue weighted by Gasteiger charge is -2.32. The first-order chi connectivity index (χ1) is 11.9. The zero-order valence-electron chi connectivity index (χ0n) is 13.1. The Balaban J connectivity index is 1.84. The summed E-state index contributed by atoms with van der Waals surface area (Å²) in [7, 11) is 0. The van der Waals surface area contributed by atoms with E-state index in [-0.39, 0.29) is 10.9 Å². The van der Waals surface area contributed by atoms with Crippen molar-refractivity contribution in [1.82, 2.24) is 0 Å². The van der Waals surface area contributed by atoms with Crippen LogP contribution >= 0.6 is 11.6 Å². The van der Waals surface area contributed by atoms with Crippen LogP contribution < -0.4 is 4.90 Å². The molecule has 4 rings (SSSR count). The minimum Gasteiger partial charge on any atom is -0.481 e. The van der Waals surface area contributed by atoms with Crippen LogP contribution in [0.4, 0.5) is 10.1 Å². The third kappa shape index (κ3) is 2.04. The number of fused-ring (bicyclic) bond motifs is 1. The maximum atomic E-state index is 13.5. The van der Waals surface area contributed by atoms with Crippen LogP contribution in [0.5, 0.6) is 0 Å². The van der Waals surface area contributed by atoms with Crippen LogP contribution in [0.3, 0.4) is 0 Å². The third-order valence-electron chi connectivity index (χ3n) is 5.28. The monoisotopic (exact) mass is 363 g/mol. The van der Waals surface area contributed by atoms with E-state index in [9.17, 15) is 19.1 Å². The number of ether oxygens (including phenoxy) is 1. The summed E-state index contributed by atoms with van der Waals surface area (Å²) in [5.74, 6) is -3.77. The predicted molar refractivity (Wildman–Crippen MR) is 88.9 cm³/mol.